The number of amides is 3. The van der Waals surface area contributed by atoms with Crippen LogP contribution in [0.4, 0.5) is 0 Å². The molecule has 2 N–H and O–H groups in total. The van der Waals surface area contributed by atoms with Gasteiger partial charge in [-0.25, -0.2) is 4.98 Å². The number of nitrogens with one attached hydrogen (secondary N) is 2. The standard InChI is InChI=1S/C31H41N7O3/c1-22(2)13-18-38-26-12-11-24-20-25(26)29(35-38)31(41)33-14-7-17-36(16-6-10-27(39)34-24)28(40)21-37-19-15-32-30(37)23-8-4-3-5-9-23/h3-5,8-9,15,19,22,24H,6-7,10-14,16-18,20-21H2,1-2H3,(H,33,41)(H,34,39). The van der Waals surface area contributed by atoms with E-state index in [1.165, 1.54) is 0 Å². The predicted molar refractivity (Wildman–Crippen MR) is 156 cm³/mol. The summed E-state index contributed by atoms with van der Waals surface area (Å²) in [7, 11) is 0. The summed E-state index contributed by atoms with van der Waals surface area (Å²) in [6, 6.07) is 9.77. The van der Waals surface area contributed by atoms with Gasteiger partial charge in [0.25, 0.3) is 5.91 Å². The molecule has 1 unspecified atom stereocenters. The summed E-state index contributed by atoms with van der Waals surface area (Å²) in [4.78, 5) is 45.9. The van der Waals surface area contributed by atoms with Gasteiger partial charge in [0.15, 0.2) is 5.69 Å². The van der Waals surface area contributed by atoms with Gasteiger partial charge in [-0.2, -0.15) is 5.10 Å². The summed E-state index contributed by atoms with van der Waals surface area (Å²) in [5.41, 5.74) is 3.50. The minimum absolute atomic E-state index is 0.0140. The van der Waals surface area contributed by atoms with Crippen molar-refractivity contribution in [3.8, 4) is 11.4 Å². The molecular formula is C31H41N7O3. The molecule has 10 nitrogen and oxygen atoms in total. The molecule has 1 atom stereocenters. The first-order chi connectivity index (χ1) is 19.9. The molecule has 0 fully saturated rings. The van der Waals surface area contributed by atoms with Crippen LogP contribution in [0.1, 0.15) is 67.7 Å². The summed E-state index contributed by atoms with van der Waals surface area (Å²) in [6.07, 6.45) is 8.28. The number of aromatic nitrogens is 4. The molecule has 0 saturated heterocycles. The third-order valence-electron chi connectivity index (χ3n) is 7.97. The summed E-state index contributed by atoms with van der Waals surface area (Å²) < 4.78 is 3.86. The van der Waals surface area contributed by atoms with Crippen molar-refractivity contribution in [2.75, 3.05) is 19.6 Å². The molecule has 0 radical (unpaired) electrons. The fourth-order valence-electron chi connectivity index (χ4n) is 5.74. The molecule has 2 bridgehead atoms. The van der Waals surface area contributed by atoms with Gasteiger partial charge in [0.05, 0.1) is 0 Å². The lowest BCUT2D eigenvalue weighted by Crippen LogP contribution is -2.40. The van der Waals surface area contributed by atoms with E-state index in [1.807, 2.05) is 45.8 Å². The Bertz CT molecular complexity index is 1360. The molecule has 1 aromatic carbocycles. The zero-order valence-corrected chi connectivity index (χ0v) is 24.1. The van der Waals surface area contributed by atoms with E-state index in [0.29, 0.717) is 56.9 Å². The van der Waals surface area contributed by atoms with Crippen LogP contribution in [-0.2, 0) is 35.5 Å². The van der Waals surface area contributed by atoms with Gasteiger partial charge in [-0.05, 0) is 44.4 Å². The molecule has 5 rings (SSSR count). The number of rotatable bonds is 6. The second-order valence-electron chi connectivity index (χ2n) is 11.5. The maximum Gasteiger partial charge on any atom is 0.272 e. The molecule has 2 aliphatic rings. The summed E-state index contributed by atoms with van der Waals surface area (Å²) in [5.74, 6) is 1.04. The van der Waals surface area contributed by atoms with Crippen molar-refractivity contribution in [1.82, 2.24) is 34.9 Å². The molecule has 218 valence electrons. The molecule has 41 heavy (non-hydrogen) atoms. The molecule has 10 heteroatoms. The SMILES string of the molecule is CC(C)CCn1nc2c3c1CCC(C3)NC(=O)CCCN(C(=O)Cn1ccnc1-c1ccccc1)CCCNC2=O. The highest BCUT2D eigenvalue weighted by Gasteiger charge is 2.30. The number of carbonyl (C=O) groups excluding carboxylic acids is 3. The molecule has 0 saturated carbocycles. The first-order valence-corrected chi connectivity index (χ1v) is 14.9. The van der Waals surface area contributed by atoms with Crippen LogP contribution in [0.3, 0.4) is 0 Å². The third-order valence-corrected chi connectivity index (χ3v) is 7.97. The Labute approximate surface area is 241 Å². The van der Waals surface area contributed by atoms with Gasteiger partial charge in [-0.1, -0.05) is 44.2 Å². The number of fused-ring (bicyclic) bond motifs is 1. The average molecular weight is 560 g/mol. The molecule has 1 aliphatic heterocycles. The maximum absolute atomic E-state index is 13.4. The van der Waals surface area contributed by atoms with E-state index in [2.05, 4.69) is 29.5 Å². The lowest BCUT2D eigenvalue weighted by molar-refractivity contribution is -0.132. The van der Waals surface area contributed by atoms with Gasteiger partial charge in [-0.15, -0.1) is 0 Å². The van der Waals surface area contributed by atoms with Crippen molar-refractivity contribution in [1.29, 1.82) is 0 Å². The topological polar surface area (TPSA) is 114 Å². The van der Waals surface area contributed by atoms with Crippen LogP contribution in [0.2, 0.25) is 0 Å². The zero-order valence-electron chi connectivity index (χ0n) is 24.1. The van der Waals surface area contributed by atoms with Crippen LogP contribution < -0.4 is 10.6 Å². The van der Waals surface area contributed by atoms with Gasteiger partial charge in [0.2, 0.25) is 11.8 Å². The van der Waals surface area contributed by atoms with E-state index in [-0.39, 0.29) is 30.3 Å². The quantitative estimate of drug-likeness (QED) is 0.482. The number of imidazole rings is 1. The molecule has 3 aromatic rings. The van der Waals surface area contributed by atoms with Crippen LogP contribution in [0, 0.1) is 5.92 Å². The van der Waals surface area contributed by atoms with E-state index in [0.717, 1.165) is 48.5 Å². The fourth-order valence-corrected chi connectivity index (χ4v) is 5.74. The molecule has 0 spiro atoms. The summed E-state index contributed by atoms with van der Waals surface area (Å²) >= 11 is 0. The number of aryl methyl sites for hydroxylation is 1. The van der Waals surface area contributed by atoms with Crippen LogP contribution in [0.15, 0.2) is 42.7 Å². The van der Waals surface area contributed by atoms with Crippen molar-refractivity contribution in [3.05, 3.63) is 59.7 Å². The molecular weight excluding hydrogens is 518 g/mol. The highest BCUT2D eigenvalue weighted by atomic mass is 16.2. The Morgan fingerprint density at radius 2 is 1.90 bits per heavy atom. The lowest BCUT2D eigenvalue weighted by atomic mass is 9.91. The van der Waals surface area contributed by atoms with Crippen LogP contribution in [0.25, 0.3) is 11.4 Å². The first kappa shape index (κ1) is 28.6. The smallest absolute Gasteiger partial charge is 0.272 e. The second kappa shape index (κ2) is 13.1. The largest absolute Gasteiger partial charge is 0.353 e. The van der Waals surface area contributed by atoms with Crippen molar-refractivity contribution >= 4 is 17.7 Å². The normalized spacial score (nSPS) is 18.4. The van der Waals surface area contributed by atoms with Gasteiger partial charge >= 0.3 is 0 Å². The Morgan fingerprint density at radius 3 is 2.71 bits per heavy atom. The monoisotopic (exact) mass is 559 g/mol. The molecule has 3 amide bonds. The van der Waals surface area contributed by atoms with Gasteiger partial charge in [-0.3, -0.25) is 19.1 Å². The fraction of sp³-hybridized carbons (Fsp3) is 0.516. The average Bonchev–Trinajstić information content (AvgIpc) is 3.57. The number of hydrogen-bond acceptors (Lipinski definition) is 5. The zero-order chi connectivity index (χ0) is 28.8. The van der Waals surface area contributed by atoms with Crippen molar-refractivity contribution in [2.24, 2.45) is 5.92 Å². The van der Waals surface area contributed by atoms with E-state index >= 15 is 0 Å². The summed E-state index contributed by atoms with van der Waals surface area (Å²) in [6.45, 7) is 6.72. The van der Waals surface area contributed by atoms with Gasteiger partial charge in [0.1, 0.15) is 12.4 Å². The van der Waals surface area contributed by atoms with Crippen LogP contribution >= 0.6 is 0 Å². The Morgan fingerprint density at radius 1 is 1.10 bits per heavy atom. The van der Waals surface area contributed by atoms with Crippen molar-refractivity contribution in [3.63, 3.8) is 0 Å². The molecule has 1 aliphatic carbocycles. The van der Waals surface area contributed by atoms with Crippen molar-refractivity contribution in [2.45, 2.75) is 77.9 Å². The first-order valence-electron chi connectivity index (χ1n) is 14.9. The summed E-state index contributed by atoms with van der Waals surface area (Å²) in [5, 5.41) is 11.0. The molecule has 3 heterocycles. The minimum atomic E-state index is -0.185. The van der Waals surface area contributed by atoms with Crippen molar-refractivity contribution < 1.29 is 14.4 Å². The minimum Gasteiger partial charge on any atom is -0.353 e. The van der Waals surface area contributed by atoms with Crippen LogP contribution in [-0.4, -0.2) is 67.6 Å². The van der Waals surface area contributed by atoms with E-state index in [4.69, 9.17) is 5.10 Å². The maximum atomic E-state index is 13.4. The number of benzene rings is 1. The highest BCUT2D eigenvalue weighted by molar-refractivity contribution is 5.94. The third kappa shape index (κ3) is 7.04. The van der Waals surface area contributed by atoms with Gasteiger partial charge < -0.3 is 20.1 Å². The van der Waals surface area contributed by atoms with E-state index < -0.39 is 0 Å². The molecule has 2 aromatic heterocycles. The number of carbonyl (C=O) groups is 3. The van der Waals surface area contributed by atoms with E-state index in [9.17, 15) is 14.4 Å². The Balaban J connectivity index is 1.29. The second-order valence-corrected chi connectivity index (χ2v) is 11.5. The number of nitrogens with zero attached hydrogens (tertiary/aromatic N) is 5. The predicted octanol–water partition coefficient (Wildman–Crippen LogP) is 3.21. The highest BCUT2D eigenvalue weighted by Crippen LogP contribution is 2.26. The Hall–Kier alpha value is -3.95. The van der Waals surface area contributed by atoms with Crippen LogP contribution in [0.5, 0.6) is 0 Å². The van der Waals surface area contributed by atoms with E-state index in [1.54, 1.807) is 11.1 Å². The Kier molecular flexibility index (Phi) is 9.16. The lowest BCUT2D eigenvalue weighted by Gasteiger charge is -2.25. The number of hydrogen-bond donors (Lipinski definition) is 2. The van der Waals surface area contributed by atoms with Gasteiger partial charge in [0, 0.05) is 67.9 Å².